The molecule has 2 N–H and O–H groups in total. The van der Waals surface area contributed by atoms with Crippen LogP contribution in [0.15, 0.2) is 44.1 Å². The molecule has 7 nitrogen and oxygen atoms in total. The minimum absolute atomic E-state index is 0.415. The standard InChI is InChI=1S/C18H26N4O3S2/c1-2-19-18(20-13-15-7-6-12-25-15)21-14-16-8-9-17(26-16)27(23,24)22-10-4-3-5-11-22/h6-9,12H,2-5,10-11,13-14H2,1H3,(H2,19,20,21). The Morgan fingerprint density at radius 2 is 2.04 bits per heavy atom. The van der Waals surface area contributed by atoms with E-state index in [-0.39, 0.29) is 0 Å². The Hall–Kier alpha value is -1.84. The van der Waals surface area contributed by atoms with E-state index in [9.17, 15) is 8.42 Å². The van der Waals surface area contributed by atoms with Crippen LogP contribution in [-0.4, -0.2) is 38.3 Å². The van der Waals surface area contributed by atoms with Crippen LogP contribution in [0.1, 0.15) is 36.8 Å². The Balaban J connectivity index is 1.61. The zero-order valence-electron chi connectivity index (χ0n) is 15.5. The quantitative estimate of drug-likeness (QED) is 0.541. The molecule has 0 amide bonds. The summed E-state index contributed by atoms with van der Waals surface area (Å²) >= 11 is 1.32. The summed E-state index contributed by atoms with van der Waals surface area (Å²) in [4.78, 5) is 5.43. The van der Waals surface area contributed by atoms with Gasteiger partial charge in [0, 0.05) is 24.5 Å². The molecule has 0 unspecified atom stereocenters. The maximum absolute atomic E-state index is 12.7. The van der Waals surface area contributed by atoms with Gasteiger partial charge in [0.1, 0.15) is 16.5 Å². The first-order chi connectivity index (χ1) is 13.1. The van der Waals surface area contributed by atoms with Crippen LogP contribution >= 0.6 is 11.3 Å². The topological polar surface area (TPSA) is 86.9 Å². The molecular weight excluding hydrogens is 384 g/mol. The van der Waals surface area contributed by atoms with Gasteiger partial charge in [-0.25, -0.2) is 13.4 Å². The summed E-state index contributed by atoms with van der Waals surface area (Å²) in [7, 11) is -3.36. The highest BCUT2D eigenvalue weighted by atomic mass is 32.2. The van der Waals surface area contributed by atoms with Gasteiger partial charge in [0.15, 0.2) is 5.96 Å². The number of piperidine rings is 1. The van der Waals surface area contributed by atoms with E-state index in [0.29, 0.717) is 36.3 Å². The zero-order chi connectivity index (χ0) is 19.1. The van der Waals surface area contributed by atoms with Crippen LogP contribution in [0.2, 0.25) is 0 Å². The number of sulfonamides is 1. The predicted octanol–water partition coefficient (Wildman–Crippen LogP) is 2.77. The van der Waals surface area contributed by atoms with Gasteiger partial charge in [0.05, 0.1) is 12.8 Å². The first-order valence-corrected chi connectivity index (χ1v) is 11.5. The van der Waals surface area contributed by atoms with Crippen LogP contribution in [0, 0.1) is 0 Å². The second kappa shape index (κ2) is 9.38. The number of furan rings is 1. The molecule has 9 heteroatoms. The van der Waals surface area contributed by atoms with Crippen LogP contribution in [-0.2, 0) is 23.1 Å². The summed E-state index contributed by atoms with van der Waals surface area (Å²) in [5.74, 6) is 1.46. The molecule has 148 valence electrons. The van der Waals surface area contributed by atoms with Crippen LogP contribution in [0.5, 0.6) is 0 Å². The lowest BCUT2D eigenvalue weighted by atomic mass is 10.2. The third kappa shape index (κ3) is 5.33. The molecule has 1 saturated heterocycles. The number of hydrogen-bond acceptors (Lipinski definition) is 5. The lowest BCUT2D eigenvalue weighted by molar-refractivity contribution is 0.347. The summed E-state index contributed by atoms with van der Waals surface area (Å²) in [6, 6.07) is 7.29. The highest BCUT2D eigenvalue weighted by molar-refractivity contribution is 7.91. The van der Waals surface area contributed by atoms with E-state index in [1.54, 1.807) is 16.6 Å². The normalized spacial score (nSPS) is 16.4. The van der Waals surface area contributed by atoms with Gasteiger partial charge < -0.3 is 15.1 Å². The number of rotatable bonds is 7. The molecule has 0 aliphatic carbocycles. The first-order valence-electron chi connectivity index (χ1n) is 9.23. The Labute approximate surface area is 164 Å². The smallest absolute Gasteiger partial charge is 0.252 e. The summed E-state index contributed by atoms with van der Waals surface area (Å²) in [5.41, 5.74) is 0. The molecule has 0 atom stereocenters. The minimum Gasteiger partial charge on any atom is -0.467 e. The molecule has 1 aliphatic rings. The van der Waals surface area contributed by atoms with Gasteiger partial charge in [-0.3, -0.25) is 0 Å². The van der Waals surface area contributed by atoms with Crippen molar-refractivity contribution in [2.45, 2.75) is 43.5 Å². The molecule has 27 heavy (non-hydrogen) atoms. The van der Waals surface area contributed by atoms with Gasteiger partial charge in [-0.15, -0.1) is 11.3 Å². The minimum atomic E-state index is -3.36. The summed E-state index contributed by atoms with van der Waals surface area (Å²) in [5, 5.41) is 6.42. The van der Waals surface area contributed by atoms with Gasteiger partial charge in [0.25, 0.3) is 10.0 Å². The largest absolute Gasteiger partial charge is 0.467 e. The fraction of sp³-hybridized carbons (Fsp3) is 0.500. The van der Waals surface area contributed by atoms with Gasteiger partial charge in [0.2, 0.25) is 0 Å². The zero-order valence-corrected chi connectivity index (χ0v) is 17.1. The van der Waals surface area contributed by atoms with E-state index < -0.39 is 10.0 Å². The van der Waals surface area contributed by atoms with Crippen molar-refractivity contribution in [3.8, 4) is 0 Å². The number of nitrogens with one attached hydrogen (secondary N) is 2. The Morgan fingerprint density at radius 3 is 2.74 bits per heavy atom. The van der Waals surface area contributed by atoms with Gasteiger partial charge >= 0.3 is 0 Å². The fourth-order valence-corrected chi connectivity index (χ4v) is 5.86. The Morgan fingerprint density at radius 1 is 1.22 bits per heavy atom. The summed E-state index contributed by atoms with van der Waals surface area (Å²) in [6.07, 6.45) is 4.62. The van der Waals surface area contributed by atoms with Crippen molar-refractivity contribution in [2.75, 3.05) is 19.6 Å². The van der Waals surface area contributed by atoms with Gasteiger partial charge in [-0.05, 0) is 44.0 Å². The second-order valence-corrected chi connectivity index (χ2v) is 9.65. The number of nitrogens with zero attached hydrogens (tertiary/aromatic N) is 2. The maximum Gasteiger partial charge on any atom is 0.252 e. The van der Waals surface area contributed by atoms with Crippen LogP contribution in [0.4, 0.5) is 0 Å². The van der Waals surface area contributed by atoms with Crippen molar-refractivity contribution >= 4 is 27.3 Å². The van der Waals surface area contributed by atoms with Crippen molar-refractivity contribution in [3.63, 3.8) is 0 Å². The first kappa shape index (κ1) is 19.9. The lowest BCUT2D eigenvalue weighted by Gasteiger charge is -2.25. The van der Waals surface area contributed by atoms with Crippen molar-refractivity contribution in [1.82, 2.24) is 14.9 Å². The highest BCUT2D eigenvalue weighted by Gasteiger charge is 2.27. The molecule has 0 aromatic carbocycles. The predicted molar refractivity (Wildman–Crippen MR) is 107 cm³/mol. The van der Waals surface area contributed by atoms with Crippen molar-refractivity contribution in [3.05, 3.63) is 41.2 Å². The molecular formula is C18H26N4O3S2. The van der Waals surface area contributed by atoms with Gasteiger partial charge in [-0.2, -0.15) is 4.31 Å². The number of thiophene rings is 1. The van der Waals surface area contributed by atoms with E-state index >= 15 is 0 Å². The maximum atomic E-state index is 12.7. The van der Waals surface area contributed by atoms with E-state index in [0.717, 1.165) is 36.4 Å². The average molecular weight is 411 g/mol. The molecule has 1 fully saturated rings. The molecule has 2 aromatic heterocycles. The van der Waals surface area contributed by atoms with Crippen LogP contribution in [0.3, 0.4) is 0 Å². The highest BCUT2D eigenvalue weighted by Crippen LogP contribution is 2.27. The summed E-state index contributed by atoms with van der Waals surface area (Å²) < 4.78 is 32.8. The van der Waals surface area contributed by atoms with E-state index in [1.807, 2.05) is 25.1 Å². The van der Waals surface area contributed by atoms with Crippen molar-refractivity contribution < 1.29 is 12.8 Å². The van der Waals surface area contributed by atoms with E-state index in [1.165, 1.54) is 11.3 Å². The van der Waals surface area contributed by atoms with E-state index in [4.69, 9.17) is 4.42 Å². The molecule has 0 saturated carbocycles. The second-order valence-electron chi connectivity index (χ2n) is 6.31. The van der Waals surface area contributed by atoms with Gasteiger partial charge in [-0.1, -0.05) is 6.42 Å². The monoisotopic (exact) mass is 410 g/mol. The average Bonchev–Trinajstić information content (AvgIpc) is 3.37. The van der Waals surface area contributed by atoms with Crippen LogP contribution in [0.25, 0.3) is 0 Å². The number of hydrogen-bond donors (Lipinski definition) is 2. The molecule has 0 spiro atoms. The third-order valence-corrected chi connectivity index (χ3v) is 7.74. The van der Waals surface area contributed by atoms with E-state index in [2.05, 4.69) is 15.6 Å². The molecule has 3 rings (SSSR count). The third-order valence-electron chi connectivity index (χ3n) is 4.29. The molecule has 1 aliphatic heterocycles. The molecule has 0 bridgehead atoms. The number of aliphatic imine (C=N–C) groups is 1. The fourth-order valence-electron chi connectivity index (χ4n) is 2.90. The molecule has 0 radical (unpaired) electrons. The summed E-state index contributed by atoms with van der Waals surface area (Å²) in [6.45, 7) is 4.95. The van der Waals surface area contributed by atoms with Crippen LogP contribution < -0.4 is 10.6 Å². The molecule has 2 aromatic rings. The van der Waals surface area contributed by atoms with Crippen molar-refractivity contribution in [2.24, 2.45) is 4.99 Å². The van der Waals surface area contributed by atoms with Crippen molar-refractivity contribution in [1.29, 1.82) is 0 Å². The Kier molecular flexibility index (Phi) is 6.92. The SMILES string of the molecule is CCNC(=NCc1ccco1)NCc1ccc(S(=O)(=O)N2CCCCC2)s1. The molecule has 3 heterocycles. The lowest BCUT2D eigenvalue weighted by Crippen LogP contribution is -2.36. The Bertz CT molecular complexity index is 838. The number of guanidine groups is 1.